The highest BCUT2D eigenvalue weighted by atomic mass is 32.2. The number of primary sulfonamides is 1. The standard InChI is InChI=1S/C13H16N2O3S/c1-10(15-8-11-5-6-18-9-11)12-3-2-4-13(7-12)19(14,16)17/h2-7,9-10,15H,8H2,1H3,(H2,14,16,17). The summed E-state index contributed by atoms with van der Waals surface area (Å²) in [6, 6.07) is 8.51. The summed E-state index contributed by atoms with van der Waals surface area (Å²) in [6.45, 7) is 2.61. The van der Waals surface area contributed by atoms with Crippen molar-refractivity contribution in [3.05, 3.63) is 54.0 Å². The first-order valence-electron chi connectivity index (χ1n) is 5.84. The third-order valence-electron chi connectivity index (χ3n) is 2.88. The number of hydrogen-bond acceptors (Lipinski definition) is 4. The molecular weight excluding hydrogens is 264 g/mol. The van der Waals surface area contributed by atoms with Crippen LogP contribution in [0.1, 0.15) is 24.1 Å². The number of rotatable bonds is 5. The number of hydrogen-bond donors (Lipinski definition) is 2. The first-order valence-corrected chi connectivity index (χ1v) is 7.38. The van der Waals surface area contributed by atoms with Gasteiger partial charge >= 0.3 is 0 Å². The summed E-state index contributed by atoms with van der Waals surface area (Å²) in [5, 5.41) is 8.40. The average molecular weight is 280 g/mol. The molecular formula is C13H16N2O3S. The van der Waals surface area contributed by atoms with E-state index in [0.29, 0.717) is 6.54 Å². The summed E-state index contributed by atoms with van der Waals surface area (Å²) in [5.41, 5.74) is 1.91. The molecule has 6 heteroatoms. The molecule has 0 aliphatic carbocycles. The van der Waals surface area contributed by atoms with Crippen LogP contribution in [-0.2, 0) is 16.6 Å². The van der Waals surface area contributed by atoms with Crippen LogP contribution in [0, 0.1) is 0 Å². The molecule has 1 unspecified atom stereocenters. The summed E-state index contributed by atoms with van der Waals surface area (Å²) >= 11 is 0. The molecule has 0 saturated carbocycles. The summed E-state index contributed by atoms with van der Waals surface area (Å²) in [5.74, 6) is 0. The topological polar surface area (TPSA) is 85.3 Å². The molecule has 19 heavy (non-hydrogen) atoms. The second kappa shape index (κ2) is 5.56. The Morgan fingerprint density at radius 1 is 1.37 bits per heavy atom. The second-order valence-corrected chi connectivity index (χ2v) is 5.91. The molecule has 1 aromatic carbocycles. The van der Waals surface area contributed by atoms with Crippen LogP contribution in [-0.4, -0.2) is 8.42 Å². The minimum absolute atomic E-state index is 0.0107. The Labute approximate surface area is 112 Å². The van der Waals surface area contributed by atoms with Gasteiger partial charge in [0.15, 0.2) is 0 Å². The Bertz CT molecular complexity index is 636. The van der Waals surface area contributed by atoms with E-state index in [1.165, 1.54) is 6.07 Å². The molecule has 102 valence electrons. The van der Waals surface area contributed by atoms with Crippen molar-refractivity contribution in [3.63, 3.8) is 0 Å². The van der Waals surface area contributed by atoms with Crippen LogP contribution in [0.25, 0.3) is 0 Å². The van der Waals surface area contributed by atoms with Gasteiger partial charge in [-0.25, -0.2) is 13.6 Å². The third kappa shape index (κ3) is 3.66. The lowest BCUT2D eigenvalue weighted by atomic mass is 10.1. The Morgan fingerprint density at radius 2 is 2.16 bits per heavy atom. The summed E-state index contributed by atoms with van der Waals surface area (Å²) in [6.07, 6.45) is 3.28. The van der Waals surface area contributed by atoms with Crippen molar-refractivity contribution < 1.29 is 12.8 Å². The van der Waals surface area contributed by atoms with Crippen molar-refractivity contribution in [2.45, 2.75) is 24.4 Å². The van der Waals surface area contributed by atoms with Gasteiger partial charge in [-0.2, -0.15) is 0 Å². The number of nitrogens with one attached hydrogen (secondary N) is 1. The van der Waals surface area contributed by atoms with Crippen LogP contribution in [0.15, 0.2) is 52.2 Å². The zero-order valence-corrected chi connectivity index (χ0v) is 11.4. The maximum atomic E-state index is 11.3. The van der Waals surface area contributed by atoms with Gasteiger partial charge in [-0.05, 0) is 30.7 Å². The minimum atomic E-state index is -3.66. The Kier molecular flexibility index (Phi) is 4.04. The van der Waals surface area contributed by atoms with Crippen LogP contribution in [0.2, 0.25) is 0 Å². The van der Waals surface area contributed by atoms with Gasteiger partial charge in [-0.3, -0.25) is 0 Å². The maximum Gasteiger partial charge on any atom is 0.238 e. The van der Waals surface area contributed by atoms with Gasteiger partial charge < -0.3 is 9.73 Å². The molecule has 0 bridgehead atoms. The van der Waals surface area contributed by atoms with Gasteiger partial charge in [0.2, 0.25) is 10.0 Å². The van der Waals surface area contributed by atoms with Crippen LogP contribution in [0.5, 0.6) is 0 Å². The minimum Gasteiger partial charge on any atom is -0.472 e. The molecule has 2 rings (SSSR count). The predicted molar refractivity (Wildman–Crippen MR) is 71.8 cm³/mol. The smallest absolute Gasteiger partial charge is 0.238 e. The van der Waals surface area contributed by atoms with E-state index in [-0.39, 0.29) is 10.9 Å². The van der Waals surface area contributed by atoms with Crippen molar-refractivity contribution in [2.24, 2.45) is 5.14 Å². The van der Waals surface area contributed by atoms with E-state index in [4.69, 9.17) is 9.56 Å². The Morgan fingerprint density at radius 3 is 2.79 bits per heavy atom. The molecule has 0 saturated heterocycles. The van der Waals surface area contributed by atoms with Gasteiger partial charge in [0.1, 0.15) is 0 Å². The molecule has 1 aromatic heterocycles. The number of furan rings is 1. The highest BCUT2D eigenvalue weighted by Gasteiger charge is 2.11. The highest BCUT2D eigenvalue weighted by molar-refractivity contribution is 7.89. The monoisotopic (exact) mass is 280 g/mol. The van der Waals surface area contributed by atoms with Crippen LogP contribution in [0.3, 0.4) is 0 Å². The second-order valence-electron chi connectivity index (χ2n) is 4.35. The third-order valence-corrected chi connectivity index (χ3v) is 3.79. The van der Waals surface area contributed by atoms with Crippen molar-refractivity contribution in [1.29, 1.82) is 0 Å². The van der Waals surface area contributed by atoms with E-state index in [1.54, 1.807) is 24.7 Å². The van der Waals surface area contributed by atoms with E-state index in [2.05, 4.69) is 5.32 Å². The Hall–Kier alpha value is -1.63. The zero-order valence-electron chi connectivity index (χ0n) is 10.5. The normalized spacial score (nSPS) is 13.4. The summed E-state index contributed by atoms with van der Waals surface area (Å²) < 4.78 is 27.6. The van der Waals surface area contributed by atoms with Crippen LogP contribution >= 0.6 is 0 Å². The Balaban J connectivity index is 2.09. The number of sulfonamides is 1. The first kappa shape index (κ1) is 13.8. The van der Waals surface area contributed by atoms with E-state index in [9.17, 15) is 8.42 Å². The summed E-state index contributed by atoms with van der Waals surface area (Å²) in [7, 11) is -3.66. The molecule has 5 nitrogen and oxygen atoms in total. The average Bonchev–Trinajstić information content (AvgIpc) is 2.88. The molecule has 2 aromatic rings. The fourth-order valence-electron chi connectivity index (χ4n) is 1.74. The largest absolute Gasteiger partial charge is 0.472 e. The zero-order chi connectivity index (χ0) is 13.9. The fourth-order valence-corrected chi connectivity index (χ4v) is 2.31. The lowest BCUT2D eigenvalue weighted by molar-refractivity contribution is 0.546. The van der Waals surface area contributed by atoms with Gasteiger partial charge in [0, 0.05) is 18.2 Å². The highest BCUT2D eigenvalue weighted by Crippen LogP contribution is 2.17. The molecule has 0 fully saturated rings. The molecule has 0 amide bonds. The first-order chi connectivity index (χ1) is 8.97. The van der Waals surface area contributed by atoms with Crippen LogP contribution < -0.4 is 10.5 Å². The molecule has 0 aliphatic rings. The molecule has 0 spiro atoms. The maximum absolute atomic E-state index is 11.3. The SMILES string of the molecule is CC(NCc1ccoc1)c1cccc(S(N)(=O)=O)c1. The van der Waals surface area contributed by atoms with E-state index in [0.717, 1.165) is 11.1 Å². The van der Waals surface area contributed by atoms with Crippen molar-refractivity contribution in [1.82, 2.24) is 5.32 Å². The number of nitrogens with two attached hydrogens (primary N) is 1. The van der Waals surface area contributed by atoms with Gasteiger partial charge in [0.25, 0.3) is 0 Å². The lowest BCUT2D eigenvalue weighted by Gasteiger charge is -2.14. The molecule has 1 heterocycles. The summed E-state index contributed by atoms with van der Waals surface area (Å²) in [4.78, 5) is 0.127. The quantitative estimate of drug-likeness (QED) is 0.874. The predicted octanol–water partition coefficient (Wildman–Crippen LogP) is 1.78. The van der Waals surface area contributed by atoms with Crippen molar-refractivity contribution in [2.75, 3.05) is 0 Å². The molecule has 1 atom stereocenters. The van der Waals surface area contributed by atoms with E-state index < -0.39 is 10.0 Å². The fraction of sp³-hybridized carbons (Fsp3) is 0.231. The van der Waals surface area contributed by atoms with Crippen LogP contribution in [0.4, 0.5) is 0 Å². The van der Waals surface area contributed by atoms with E-state index >= 15 is 0 Å². The molecule has 0 radical (unpaired) electrons. The lowest BCUT2D eigenvalue weighted by Crippen LogP contribution is -2.19. The molecule has 3 N–H and O–H groups in total. The van der Waals surface area contributed by atoms with Gasteiger partial charge in [-0.1, -0.05) is 12.1 Å². The van der Waals surface area contributed by atoms with Crippen molar-refractivity contribution >= 4 is 10.0 Å². The number of benzene rings is 1. The van der Waals surface area contributed by atoms with E-state index in [1.807, 2.05) is 19.1 Å². The van der Waals surface area contributed by atoms with Gasteiger partial charge in [0.05, 0.1) is 17.4 Å². The van der Waals surface area contributed by atoms with Gasteiger partial charge in [-0.15, -0.1) is 0 Å². The van der Waals surface area contributed by atoms with Crippen molar-refractivity contribution in [3.8, 4) is 0 Å². The molecule has 0 aliphatic heterocycles.